The van der Waals surface area contributed by atoms with Gasteiger partial charge in [0.2, 0.25) is 0 Å². The van der Waals surface area contributed by atoms with Crippen LogP contribution in [0.2, 0.25) is 12.1 Å². The lowest BCUT2D eigenvalue weighted by Crippen LogP contribution is -2.20. The third-order valence-electron chi connectivity index (χ3n) is 2.61. The van der Waals surface area contributed by atoms with E-state index in [-0.39, 0.29) is 0 Å². The van der Waals surface area contributed by atoms with Gasteiger partial charge in [0, 0.05) is 7.11 Å². The van der Waals surface area contributed by atoms with Crippen LogP contribution in [0.1, 0.15) is 19.4 Å². The minimum absolute atomic E-state index is 0.384. The zero-order chi connectivity index (χ0) is 10.4. The van der Waals surface area contributed by atoms with Gasteiger partial charge in [-0.25, -0.2) is 0 Å². The molecule has 0 N–H and O–H groups in total. The smallest absolute Gasteiger partial charge is 0.295 e. The van der Waals surface area contributed by atoms with Crippen molar-refractivity contribution in [1.82, 2.24) is 0 Å². The van der Waals surface area contributed by atoms with Gasteiger partial charge in [0.05, 0.1) is 0 Å². The zero-order valence-electron chi connectivity index (χ0n) is 9.36. The van der Waals surface area contributed by atoms with Gasteiger partial charge in [0.15, 0.2) is 0 Å². The van der Waals surface area contributed by atoms with Crippen molar-refractivity contribution in [3.63, 3.8) is 0 Å². The maximum Gasteiger partial charge on any atom is 0.295 e. The number of aryl methyl sites for hydroxylation is 1. The monoisotopic (exact) mass is 190 g/mol. The Bertz CT molecular complexity index is 246. The van der Waals surface area contributed by atoms with Crippen molar-refractivity contribution in [2.75, 3.05) is 7.11 Å². The molecule has 14 heavy (non-hydrogen) atoms. The minimum Gasteiger partial charge on any atom is -0.438 e. The van der Waals surface area contributed by atoms with Crippen LogP contribution in [-0.4, -0.2) is 14.0 Å². The van der Waals surface area contributed by atoms with E-state index in [9.17, 15) is 0 Å². The molecule has 1 aromatic rings. The Balaban J connectivity index is 2.40. The maximum absolute atomic E-state index is 5.43. The first kappa shape index (κ1) is 11.3. The fourth-order valence-corrected chi connectivity index (χ4v) is 1.68. The first-order valence-electron chi connectivity index (χ1n) is 5.30. The average Bonchev–Trinajstić information content (AvgIpc) is 2.20. The summed E-state index contributed by atoms with van der Waals surface area (Å²) >= 11 is 0. The van der Waals surface area contributed by atoms with Crippen molar-refractivity contribution in [2.45, 2.75) is 32.4 Å². The molecule has 0 amide bonds. The van der Waals surface area contributed by atoms with Gasteiger partial charge in [0.1, 0.15) is 0 Å². The van der Waals surface area contributed by atoms with Crippen LogP contribution in [0.5, 0.6) is 0 Å². The molecule has 0 unspecified atom stereocenters. The summed E-state index contributed by atoms with van der Waals surface area (Å²) in [6.07, 6.45) is 2.22. The zero-order valence-corrected chi connectivity index (χ0v) is 9.36. The molecule has 0 atom stereocenters. The highest BCUT2D eigenvalue weighted by molar-refractivity contribution is 6.53. The second kappa shape index (κ2) is 5.87. The highest BCUT2D eigenvalue weighted by Gasteiger charge is 2.17. The highest BCUT2D eigenvalue weighted by atomic mass is 16.4. The third kappa shape index (κ3) is 3.55. The van der Waals surface area contributed by atoms with Crippen LogP contribution in [-0.2, 0) is 11.1 Å². The molecule has 1 nitrogen and oxygen atoms in total. The van der Waals surface area contributed by atoms with E-state index in [0.29, 0.717) is 12.7 Å². The predicted molar refractivity (Wildman–Crippen MR) is 62.8 cm³/mol. The van der Waals surface area contributed by atoms with Crippen LogP contribution in [0.25, 0.3) is 0 Å². The predicted octanol–water partition coefficient (Wildman–Crippen LogP) is 3.28. The van der Waals surface area contributed by atoms with E-state index in [1.165, 1.54) is 5.56 Å². The molecule has 76 valence electrons. The molecule has 0 aliphatic heterocycles. The molecule has 1 aromatic carbocycles. The van der Waals surface area contributed by atoms with Crippen molar-refractivity contribution < 1.29 is 4.65 Å². The van der Waals surface area contributed by atoms with Gasteiger partial charge in [-0.2, -0.15) is 0 Å². The normalized spacial score (nSPS) is 10.6. The summed E-state index contributed by atoms with van der Waals surface area (Å²) in [6, 6.07) is 10.6. The number of hydrogen-bond donors (Lipinski definition) is 0. The van der Waals surface area contributed by atoms with Gasteiger partial charge >= 0.3 is 0 Å². The Hall–Kier alpha value is -0.755. The Morgan fingerprint density at radius 2 is 1.86 bits per heavy atom. The molecule has 2 heteroatoms. The summed E-state index contributed by atoms with van der Waals surface area (Å²) in [6.45, 7) is 4.80. The van der Waals surface area contributed by atoms with E-state index < -0.39 is 0 Å². The lowest BCUT2D eigenvalue weighted by atomic mass is 9.54. The van der Waals surface area contributed by atoms with E-state index in [1.54, 1.807) is 7.11 Å². The Morgan fingerprint density at radius 1 is 1.21 bits per heavy atom. The molecule has 0 spiro atoms. The molecular weight excluding hydrogens is 171 g/mol. The van der Waals surface area contributed by atoms with Gasteiger partial charge in [-0.3, -0.25) is 0 Å². The first-order valence-corrected chi connectivity index (χ1v) is 5.30. The van der Waals surface area contributed by atoms with Gasteiger partial charge in [0.25, 0.3) is 6.92 Å². The van der Waals surface area contributed by atoms with Crippen LogP contribution >= 0.6 is 0 Å². The van der Waals surface area contributed by atoms with Crippen molar-refractivity contribution in [1.29, 1.82) is 0 Å². The topological polar surface area (TPSA) is 9.23 Å². The quantitative estimate of drug-likeness (QED) is 0.647. The average molecular weight is 190 g/mol. The van der Waals surface area contributed by atoms with Crippen LogP contribution < -0.4 is 0 Å². The minimum atomic E-state index is 0.384. The lowest BCUT2D eigenvalue weighted by Gasteiger charge is -2.14. The van der Waals surface area contributed by atoms with Crippen LogP contribution in [0.3, 0.4) is 0 Å². The van der Waals surface area contributed by atoms with Crippen LogP contribution in [0.15, 0.2) is 30.3 Å². The van der Waals surface area contributed by atoms with E-state index in [0.717, 1.165) is 12.7 Å². The fourth-order valence-electron chi connectivity index (χ4n) is 1.68. The molecule has 0 radical (unpaired) electrons. The molecule has 0 saturated carbocycles. The third-order valence-corrected chi connectivity index (χ3v) is 2.61. The van der Waals surface area contributed by atoms with Gasteiger partial charge in [-0.1, -0.05) is 44.2 Å². The Morgan fingerprint density at radius 3 is 2.36 bits per heavy atom. The molecule has 0 aliphatic carbocycles. The largest absolute Gasteiger partial charge is 0.438 e. The van der Waals surface area contributed by atoms with Gasteiger partial charge < -0.3 is 4.65 Å². The summed E-state index contributed by atoms with van der Waals surface area (Å²) < 4.78 is 5.43. The standard InChI is InChI=1S/C12H19BO/c1-11(2)13(14-3)10-9-12-7-5-4-6-8-12/h4-8,11H,9-10H2,1-3H3. The van der Waals surface area contributed by atoms with E-state index >= 15 is 0 Å². The SMILES string of the molecule is COB(CCc1ccccc1)C(C)C. The van der Waals surface area contributed by atoms with Gasteiger partial charge in [-0.15, -0.1) is 0 Å². The van der Waals surface area contributed by atoms with Gasteiger partial charge in [-0.05, 0) is 24.1 Å². The Kier molecular flexibility index (Phi) is 4.74. The van der Waals surface area contributed by atoms with Crippen molar-refractivity contribution >= 4 is 6.92 Å². The second-order valence-electron chi connectivity index (χ2n) is 4.04. The molecule has 0 aromatic heterocycles. The summed E-state index contributed by atoms with van der Waals surface area (Å²) in [5.74, 6) is 0.601. The highest BCUT2D eigenvalue weighted by Crippen LogP contribution is 2.15. The van der Waals surface area contributed by atoms with E-state index in [4.69, 9.17) is 4.65 Å². The molecule has 0 saturated heterocycles. The summed E-state index contributed by atoms with van der Waals surface area (Å²) in [5, 5.41) is 0. The molecule has 0 heterocycles. The molecule has 0 aliphatic rings. The number of benzene rings is 1. The van der Waals surface area contributed by atoms with E-state index in [2.05, 4.69) is 44.2 Å². The summed E-state index contributed by atoms with van der Waals surface area (Å²) in [4.78, 5) is 0. The van der Waals surface area contributed by atoms with Crippen molar-refractivity contribution in [3.8, 4) is 0 Å². The Labute approximate surface area is 87.6 Å². The lowest BCUT2D eigenvalue weighted by molar-refractivity contribution is 0.409. The van der Waals surface area contributed by atoms with E-state index in [1.807, 2.05) is 0 Å². The molecule has 1 rings (SSSR count). The second-order valence-corrected chi connectivity index (χ2v) is 4.04. The number of hydrogen-bond acceptors (Lipinski definition) is 1. The van der Waals surface area contributed by atoms with Crippen molar-refractivity contribution in [2.24, 2.45) is 0 Å². The van der Waals surface area contributed by atoms with Crippen LogP contribution in [0, 0.1) is 0 Å². The first-order chi connectivity index (χ1) is 6.74. The summed E-state index contributed by atoms with van der Waals surface area (Å²) in [7, 11) is 1.80. The molecule has 0 fully saturated rings. The maximum atomic E-state index is 5.43. The fraction of sp³-hybridized carbons (Fsp3) is 0.500. The molecular formula is C12H19BO. The summed E-state index contributed by atoms with van der Waals surface area (Å²) in [5.41, 5.74) is 1.40. The van der Waals surface area contributed by atoms with Crippen LogP contribution in [0.4, 0.5) is 0 Å². The van der Waals surface area contributed by atoms with Crippen molar-refractivity contribution in [3.05, 3.63) is 35.9 Å². The number of rotatable bonds is 5. The molecule has 0 bridgehead atoms.